The summed E-state index contributed by atoms with van der Waals surface area (Å²) in [6, 6.07) is 0.466. The van der Waals surface area contributed by atoms with E-state index in [2.05, 4.69) is 17.3 Å². The quantitative estimate of drug-likeness (QED) is 0.678. The minimum Gasteiger partial charge on any atom is -0.353 e. The van der Waals surface area contributed by atoms with Crippen molar-refractivity contribution in [2.75, 3.05) is 20.1 Å². The van der Waals surface area contributed by atoms with Gasteiger partial charge >= 0.3 is 0 Å². The van der Waals surface area contributed by atoms with E-state index < -0.39 is 0 Å². The van der Waals surface area contributed by atoms with Crippen molar-refractivity contribution in [2.45, 2.75) is 38.6 Å². The van der Waals surface area contributed by atoms with Crippen LogP contribution in [0, 0.1) is 5.41 Å². The molecule has 1 atom stereocenters. The minimum atomic E-state index is 0.132. The molecule has 2 rings (SSSR count). The summed E-state index contributed by atoms with van der Waals surface area (Å²) in [6.07, 6.45) is 5.01. The van der Waals surface area contributed by atoms with Gasteiger partial charge in [-0.05, 0) is 51.2 Å². The van der Waals surface area contributed by atoms with Crippen molar-refractivity contribution in [3.8, 4) is 0 Å². The number of hydrogen-bond acceptors (Lipinski definition) is 2. The summed E-state index contributed by atoms with van der Waals surface area (Å²) in [5, 5.41) is 3.10. The highest BCUT2D eigenvalue weighted by molar-refractivity contribution is 5.73. The van der Waals surface area contributed by atoms with E-state index in [9.17, 15) is 4.79 Å². The summed E-state index contributed by atoms with van der Waals surface area (Å²) in [4.78, 5) is 13.4. The van der Waals surface area contributed by atoms with Crippen LogP contribution in [0.1, 0.15) is 32.6 Å². The molecule has 80 valence electrons. The first-order valence-electron chi connectivity index (χ1n) is 5.58. The summed E-state index contributed by atoms with van der Waals surface area (Å²) < 4.78 is 0. The molecule has 0 bridgehead atoms. The third-order valence-electron chi connectivity index (χ3n) is 4.03. The maximum Gasteiger partial charge on any atom is 0.217 e. The molecule has 0 aromatic rings. The van der Waals surface area contributed by atoms with Crippen molar-refractivity contribution < 1.29 is 4.79 Å². The molecule has 3 nitrogen and oxygen atoms in total. The fourth-order valence-electron chi connectivity index (χ4n) is 2.83. The van der Waals surface area contributed by atoms with E-state index in [0.29, 0.717) is 11.5 Å². The fourth-order valence-corrected chi connectivity index (χ4v) is 2.83. The molecular weight excluding hydrogens is 176 g/mol. The highest BCUT2D eigenvalue weighted by Crippen LogP contribution is 2.48. The summed E-state index contributed by atoms with van der Waals surface area (Å²) in [7, 11) is 2.18. The van der Waals surface area contributed by atoms with Crippen molar-refractivity contribution >= 4 is 5.91 Å². The monoisotopic (exact) mass is 196 g/mol. The SMILES string of the molecule is CC(=O)NC1CCC12CCN(C)CC2. The van der Waals surface area contributed by atoms with Gasteiger partial charge in [-0.25, -0.2) is 0 Å². The molecule has 0 aromatic carbocycles. The van der Waals surface area contributed by atoms with Crippen LogP contribution in [0.25, 0.3) is 0 Å². The predicted molar refractivity (Wildman–Crippen MR) is 56.0 cm³/mol. The number of amides is 1. The summed E-state index contributed by atoms with van der Waals surface area (Å²) in [5.41, 5.74) is 0.457. The Balaban J connectivity index is 1.93. The third kappa shape index (κ3) is 1.65. The van der Waals surface area contributed by atoms with Gasteiger partial charge in [0, 0.05) is 13.0 Å². The first-order chi connectivity index (χ1) is 6.62. The highest BCUT2D eigenvalue weighted by Gasteiger charge is 2.47. The van der Waals surface area contributed by atoms with E-state index in [1.54, 1.807) is 6.92 Å². The molecule has 3 heteroatoms. The van der Waals surface area contributed by atoms with Crippen molar-refractivity contribution in [1.82, 2.24) is 10.2 Å². The van der Waals surface area contributed by atoms with Crippen molar-refractivity contribution in [2.24, 2.45) is 5.41 Å². The maximum atomic E-state index is 11.0. The molecule has 1 heterocycles. The van der Waals surface area contributed by atoms with Gasteiger partial charge in [-0.15, -0.1) is 0 Å². The van der Waals surface area contributed by atoms with E-state index in [4.69, 9.17) is 0 Å². The Morgan fingerprint density at radius 2 is 2.00 bits per heavy atom. The molecule has 1 amide bonds. The third-order valence-corrected chi connectivity index (χ3v) is 4.03. The lowest BCUT2D eigenvalue weighted by molar-refractivity contribution is -0.123. The maximum absolute atomic E-state index is 11.0. The van der Waals surface area contributed by atoms with Crippen LogP contribution < -0.4 is 5.32 Å². The van der Waals surface area contributed by atoms with Gasteiger partial charge < -0.3 is 10.2 Å². The molecule has 14 heavy (non-hydrogen) atoms. The second-order valence-corrected chi connectivity index (χ2v) is 4.96. The fraction of sp³-hybridized carbons (Fsp3) is 0.909. The van der Waals surface area contributed by atoms with Gasteiger partial charge in [-0.1, -0.05) is 0 Å². The van der Waals surface area contributed by atoms with E-state index in [0.717, 1.165) is 0 Å². The molecule has 1 saturated carbocycles. The minimum absolute atomic E-state index is 0.132. The summed E-state index contributed by atoms with van der Waals surface area (Å²) in [5.74, 6) is 0.132. The standard InChI is InChI=1S/C11H20N2O/c1-9(14)12-10-3-4-11(10)5-7-13(2)8-6-11/h10H,3-8H2,1-2H3,(H,12,14). The van der Waals surface area contributed by atoms with E-state index in [-0.39, 0.29) is 5.91 Å². The number of carbonyl (C=O) groups excluding carboxylic acids is 1. The van der Waals surface area contributed by atoms with E-state index >= 15 is 0 Å². The molecule has 2 aliphatic rings. The van der Waals surface area contributed by atoms with Crippen LogP contribution in [-0.2, 0) is 4.79 Å². The number of hydrogen-bond donors (Lipinski definition) is 1. The van der Waals surface area contributed by atoms with Gasteiger partial charge in [0.05, 0.1) is 0 Å². The molecule has 1 N–H and O–H groups in total. The topological polar surface area (TPSA) is 32.3 Å². The van der Waals surface area contributed by atoms with Crippen LogP contribution in [0.4, 0.5) is 0 Å². The van der Waals surface area contributed by atoms with Crippen LogP contribution in [0.15, 0.2) is 0 Å². The van der Waals surface area contributed by atoms with Crippen LogP contribution in [-0.4, -0.2) is 37.0 Å². The average molecular weight is 196 g/mol. The van der Waals surface area contributed by atoms with Gasteiger partial charge in [0.25, 0.3) is 0 Å². The molecule has 1 aliphatic carbocycles. The van der Waals surface area contributed by atoms with Gasteiger partial charge in [-0.2, -0.15) is 0 Å². The Bertz CT molecular complexity index is 231. The number of carbonyl (C=O) groups is 1. The Morgan fingerprint density at radius 3 is 2.43 bits per heavy atom. The molecule has 1 unspecified atom stereocenters. The lowest BCUT2D eigenvalue weighted by atomic mass is 9.59. The number of nitrogens with zero attached hydrogens (tertiary/aromatic N) is 1. The zero-order valence-corrected chi connectivity index (χ0v) is 9.18. The summed E-state index contributed by atoms with van der Waals surface area (Å²) in [6.45, 7) is 4.01. The Labute approximate surface area is 85.8 Å². The first kappa shape index (κ1) is 9.97. The number of nitrogens with one attached hydrogen (secondary N) is 1. The Hall–Kier alpha value is -0.570. The van der Waals surface area contributed by atoms with E-state index in [1.807, 2.05) is 0 Å². The molecule has 0 radical (unpaired) electrons. The number of rotatable bonds is 1. The number of likely N-dealkylation sites (tertiary alicyclic amines) is 1. The lowest BCUT2D eigenvalue weighted by Crippen LogP contribution is -2.58. The van der Waals surface area contributed by atoms with Crippen molar-refractivity contribution in [3.63, 3.8) is 0 Å². The Morgan fingerprint density at radius 1 is 1.36 bits per heavy atom. The molecule has 2 fully saturated rings. The van der Waals surface area contributed by atoms with Gasteiger partial charge in [0.1, 0.15) is 0 Å². The second kappa shape index (κ2) is 3.54. The van der Waals surface area contributed by atoms with E-state index in [1.165, 1.54) is 38.8 Å². The van der Waals surface area contributed by atoms with Crippen molar-refractivity contribution in [3.05, 3.63) is 0 Å². The van der Waals surface area contributed by atoms with Crippen molar-refractivity contribution in [1.29, 1.82) is 0 Å². The Kier molecular flexibility index (Phi) is 2.52. The lowest BCUT2D eigenvalue weighted by Gasteiger charge is -2.53. The van der Waals surface area contributed by atoms with Crippen LogP contribution in [0.5, 0.6) is 0 Å². The van der Waals surface area contributed by atoms with Gasteiger partial charge in [-0.3, -0.25) is 4.79 Å². The normalized spacial score (nSPS) is 31.1. The molecular formula is C11H20N2O. The first-order valence-corrected chi connectivity index (χ1v) is 5.58. The second-order valence-electron chi connectivity index (χ2n) is 4.96. The van der Waals surface area contributed by atoms with Gasteiger partial charge in [0.15, 0.2) is 0 Å². The van der Waals surface area contributed by atoms with Crippen LogP contribution in [0.3, 0.4) is 0 Å². The smallest absolute Gasteiger partial charge is 0.217 e. The molecule has 0 aromatic heterocycles. The zero-order valence-electron chi connectivity index (χ0n) is 9.18. The summed E-state index contributed by atoms with van der Waals surface area (Å²) >= 11 is 0. The predicted octanol–water partition coefficient (Wildman–Crippen LogP) is 0.997. The zero-order chi connectivity index (χ0) is 10.2. The largest absolute Gasteiger partial charge is 0.353 e. The molecule has 1 spiro atoms. The average Bonchev–Trinajstić information content (AvgIpc) is 2.14. The highest BCUT2D eigenvalue weighted by atomic mass is 16.1. The number of piperidine rings is 1. The van der Waals surface area contributed by atoms with Crippen LogP contribution in [0.2, 0.25) is 0 Å². The molecule has 1 saturated heterocycles. The van der Waals surface area contributed by atoms with Crippen LogP contribution >= 0.6 is 0 Å². The molecule has 1 aliphatic heterocycles. The van der Waals surface area contributed by atoms with Gasteiger partial charge in [0.2, 0.25) is 5.91 Å².